The second kappa shape index (κ2) is 9.73. The van der Waals surface area contributed by atoms with Gasteiger partial charge in [-0.25, -0.2) is 0 Å². The van der Waals surface area contributed by atoms with Crippen LogP contribution in [-0.2, 0) is 20.8 Å². The summed E-state index contributed by atoms with van der Waals surface area (Å²) in [6.07, 6.45) is 2.49. The van der Waals surface area contributed by atoms with Crippen LogP contribution >= 0.6 is 0 Å². The molecule has 1 aromatic heterocycles. The molecule has 2 fully saturated rings. The summed E-state index contributed by atoms with van der Waals surface area (Å²) in [5, 5.41) is 4.25. The number of amides is 1. The minimum absolute atomic E-state index is 0.0546. The number of benzene rings is 1. The average Bonchev–Trinajstić information content (AvgIpc) is 3.61. The first kappa shape index (κ1) is 21.0. The Bertz CT molecular complexity index is 878. The van der Waals surface area contributed by atoms with E-state index < -0.39 is 6.10 Å². The predicted octanol–water partition coefficient (Wildman–Crippen LogP) is 2.44. The number of methoxy groups -OCH3 is 1. The molecule has 4 rings (SSSR count). The van der Waals surface area contributed by atoms with E-state index in [4.69, 9.17) is 19.2 Å². The third-order valence-corrected chi connectivity index (χ3v) is 5.61. The molecule has 0 bridgehead atoms. The van der Waals surface area contributed by atoms with Gasteiger partial charge in [0.15, 0.2) is 0 Å². The van der Waals surface area contributed by atoms with Gasteiger partial charge in [-0.15, -0.1) is 0 Å². The molecule has 2 aromatic rings. The molecule has 0 spiro atoms. The number of fused-ring (bicyclic) bond motifs is 1. The number of pyridine rings is 1. The van der Waals surface area contributed by atoms with Gasteiger partial charge in [0.2, 0.25) is 0 Å². The minimum Gasteiger partial charge on any atom is -0.493 e. The molecule has 0 radical (unpaired) electrons. The molecule has 1 saturated heterocycles. The third-order valence-electron chi connectivity index (χ3n) is 5.61. The van der Waals surface area contributed by atoms with E-state index >= 15 is 0 Å². The van der Waals surface area contributed by atoms with E-state index in [-0.39, 0.29) is 11.9 Å². The number of hydrogen-bond donors (Lipinski definition) is 1. The monoisotopic (exact) mass is 413 g/mol. The summed E-state index contributed by atoms with van der Waals surface area (Å²) >= 11 is 0. The molecule has 1 atom stereocenters. The molecule has 2 aliphatic rings. The van der Waals surface area contributed by atoms with E-state index in [1.54, 1.807) is 7.11 Å². The number of rotatable bonds is 9. The van der Waals surface area contributed by atoms with Gasteiger partial charge in [0.05, 0.1) is 31.0 Å². The van der Waals surface area contributed by atoms with Crippen molar-refractivity contribution in [2.45, 2.75) is 44.9 Å². The maximum Gasteiger partial charge on any atom is 0.253 e. The number of hydrogen-bond acceptors (Lipinski definition) is 6. The Morgan fingerprint density at radius 2 is 2.20 bits per heavy atom. The zero-order chi connectivity index (χ0) is 20.9. The molecular weight excluding hydrogens is 382 g/mol. The van der Waals surface area contributed by atoms with Crippen molar-refractivity contribution in [3.63, 3.8) is 0 Å². The van der Waals surface area contributed by atoms with Crippen molar-refractivity contribution < 1.29 is 19.0 Å². The smallest absolute Gasteiger partial charge is 0.253 e. The fraction of sp³-hybridized carbons (Fsp3) is 0.565. The van der Waals surface area contributed by atoms with Crippen LogP contribution in [0.2, 0.25) is 0 Å². The summed E-state index contributed by atoms with van der Waals surface area (Å²) in [7, 11) is 1.69. The van der Waals surface area contributed by atoms with Gasteiger partial charge in [-0.3, -0.25) is 9.78 Å². The molecule has 1 amide bonds. The standard InChI is InChI=1S/C23H31N3O4/c1-16-5-3-6-19-20(29-11-4-10-28-2)13-17(25-22(16)19)15-26(18-7-8-18)23(27)21-14-24-9-12-30-21/h3,5-6,13,18,21,24H,4,7-12,14-15H2,1-2H3/t21-/m1/s1. The predicted molar refractivity (Wildman–Crippen MR) is 115 cm³/mol. The quantitative estimate of drug-likeness (QED) is 0.637. The SMILES string of the molecule is COCCCOc1cc(CN(C(=O)[C@H]2CNCCO2)C2CC2)nc2c(C)cccc12. The summed E-state index contributed by atoms with van der Waals surface area (Å²) < 4.78 is 16.9. The molecule has 1 N–H and O–H groups in total. The average molecular weight is 414 g/mol. The van der Waals surface area contributed by atoms with Crippen LogP contribution in [0, 0.1) is 6.92 Å². The Hall–Kier alpha value is -2.22. The fourth-order valence-electron chi connectivity index (χ4n) is 3.85. The first-order valence-electron chi connectivity index (χ1n) is 10.8. The van der Waals surface area contributed by atoms with Gasteiger partial charge in [-0.1, -0.05) is 12.1 Å². The van der Waals surface area contributed by atoms with Gasteiger partial charge in [-0.05, 0) is 31.4 Å². The first-order valence-corrected chi connectivity index (χ1v) is 10.8. The maximum absolute atomic E-state index is 13.1. The number of aromatic nitrogens is 1. The number of para-hydroxylation sites is 1. The van der Waals surface area contributed by atoms with Crippen molar-refractivity contribution in [3.8, 4) is 5.75 Å². The topological polar surface area (TPSA) is 72.9 Å². The molecule has 1 aliphatic carbocycles. The Balaban J connectivity index is 1.58. The Kier molecular flexibility index (Phi) is 6.82. The van der Waals surface area contributed by atoms with Crippen molar-refractivity contribution in [1.82, 2.24) is 15.2 Å². The lowest BCUT2D eigenvalue weighted by atomic mass is 10.1. The lowest BCUT2D eigenvalue weighted by molar-refractivity contribution is -0.146. The van der Waals surface area contributed by atoms with Crippen molar-refractivity contribution in [3.05, 3.63) is 35.5 Å². The molecule has 7 nitrogen and oxygen atoms in total. The summed E-state index contributed by atoms with van der Waals surface area (Å²) in [6.45, 7) is 5.70. The highest BCUT2D eigenvalue weighted by molar-refractivity contribution is 5.88. The van der Waals surface area contributed by atoms with Gasteiger partial charge in [-0.2, -0.15) is 0 Å². The molecule has 7 heteroatoms. The molecule has 30 heavy (non-hydrogen) atoms. The van der Waals surface area contributed by atoms with Crippen molar-refractivity contribution >= 4 is 16.8 Å². The second-order valence-corrected chi connectivity index (χ2v) is 8.04. The molecule has 1 aromatic carbocycles. The van der Waals surface area contributed by atoms with Crippen LogP contribution in [0.4, 0.5) is 0 Å². The largest absolute Gasteiger partial charge is 0.493 e. The lowest BCUT2D eigenvalue weighted by Gasteiger charge is -2.30. The number of ether oxygens (including phenoxy) is 3. The zero-order valence-electron chi connectivity index (χ0n) is 17.9. The van der Waals surface area contributed by atoms with E-state index in [0.29, 0.717) is 32.9 Å². The van der Waals surface area contributed by atoms with Gasteiger partial charge >= 0.3 is 0 Å². The maximum atomic E-state index is 13.1. The van der Waals surface area contributed by atoms with Crippen LogP contribution in [-0.4, -0.2) is 68.0 Å². The zero-order valence-corrected chi connectivity index (χ0v) is 17.9. The van der Waals surface area contributed by atoms with Gasteiger partial charge in [0, 0.05) is 50.7 Å². The second-order valence-electron chi connectivity index (χ2n) is 8.04. The molecule has 1 saturated carbocycles. The number of aryl methyl sites for hydroxylation is 1. The van der Waals surface area contributed by atoms with Crippen LogP contribution < -0.4 is 10.1 Å². The molecule has 2 heterocycles. The van der Waals surface area contributed by atoms with E-state index in [1.807, 2.05) is 23.1 Å². The summed E-state index contributed by atoms with van der Waals surface area (Å²) in [4.78, 5) is 20.0. The molecular formula is C23H31N3O4. The number of morpholine rings is 1. The van der Waals surface area contributed by atoms with Crippen LogP contribution in [0.25, 0.3) is 10.9 Å². The van der Waals surface area contributed by atoms with E-state index in [1.165, 1.54) is 0 Å². The van der Waals surface area contributed by atoms with Crippen molar-refractivity contribution in [1.29, 1.82) is 0 Å². The highest BCUT2D eigenvalue weighted by Crippen LogP contribution is 2.32. The lowest BCUT2D eigenvalue weighted by Crippen LogP contribution is -2.49. The van der Waals surface area contributed by atoms with Crippen molar-refractivity contribution in [2.75, 3.05) is 40.0 Å². The summed E-state index contributed by atoms with van der Waals surface area (Å²) in [5.41, 5.74) is 2.87. The highest BCUT2D eigenvalue weighted by Gasteiger charge is 2.37. The van der Waals surface area contributed by atoms with E-state index in [0.717, 1.165) is 53.7 Å². The Morgan fingerprint density at radius 3 is 2.93 bits per heavy atom. The third kappa shape index (κ3) is 4.91. The fourth-order valence-corrected chi connectivity index (χ4v) is 3.85. The van der Waals surface area contributed by atoms with Gasteiger partial charge < -0.3 is 24.4 Å². The number of nitrogens with one attached hydrogen (secondary N) is 1. The number of nitrogens with zero attached hydrogens (tertiary/aromatic N) is 2. The van der Waals surface area contributed by atoms with Crippen LogP contribution in [0.3, 0.4) is 0 Å². The van der Waals surface area contributed by atoms with Gasteiger partial charge in [0.25, 0.3) is 5.91 Å². The highest BCUT2D eigenvalue weighted by atomic mass is 16.5. The Labute approximate surface area is 177 Å². The van der Waals surface area contributed by atoms with E-state index in [9.17, 15) is 4.79 Å². The summed E-state index contributed by atoms with van der Waals surface area (Å²) in [5.74, 6) is 0.868. The summed E-state index contributed by atoms with van der Waals surface area (Å²) in [6, 6.07) is 8.38. The molecule has 0 unspecified atom stereocenters. The van der Waals surface area contributed by atoms with Crippen LogP contribution in [0.1, 0.15) is 30.5 Å². The minimum atomic E-state index is -0.411. The number of carbonyl (C=O) groups is 1. The van der Waals surface area contributed by atoms with Crippen molar-refractivity contribution in [2.24, 2.45) is 0 Å². The Morgan fingerprint density at radius 1 is 1.33 bits per heavy atom. The molecule has 1 aliphatic heterocycles. The van der Waals surface area contributed by atoms with Crippen LogP contribution in [0.15, 0.2) is 24.3 Å². The molecule has 162 valence electrons. The first-order chi connectivity index (χ1) is 14.7. The normalized spacial score (nSPS) is 19.1. The van der Waals surface area contributed by atoms with Gasteiger partial charge in [0.1, 0.15) is 11.9 Å². The number of carbonyl (C=O) groups excluding carboxylic acids is 1. The van der Waals surface area contributed by atoms with E-state index in [2.05, 4.69) is 18.3 Å². The van der Waals surface area contributed by atoms with Crippen LogP contribution in [0.5, 0.6) is 5.75 Å².